The highest BCUT2D eigenvalue weighted by atomic mass is 35.5. The summed E-state index contributed by atoms with van der Waals surface area (Å²) in [4.78, 5) is 24.3. The molecule has 2 aliphatic rings. The van der Waals surface area contributed by atoms with Crippen molar-refractivity contribution in [3.8, 4) is 0 Å². The van der Waals surface area contributed by atoms with Crippen molar-refractivity contribution < 1.29 is 14.3 Å². The lowest BCUT2D eigenvalue weighted by molar-refractivity contribution is -0.150. The lowest BCUT2D eigenvalue weighted by Gasteiger charge is -2.16. The van der Waals surface area contributed by atoms with E-state index in [1.807, 2.05) is 20.8 Å². The zero-order valence-corrected chi connectivity index (χ0v) is 15.5. The molecule has 0 aliphatic heterocycles. The van der Waals surface area contributed by atoms with E-state index in [0.717, 1.165) is 17.6 Å². The van der Waals surface area contributed by atoms with Crippen LogP contribution < -0.4 is 0 Å². The lowest BCUT2D eigenvalue weighted by atomic mass is 10.0. The molecule has 0 radical (unpaired) electrons. The maximum absolute atomic E-state index is 12.6. The molecule has 0 aromatic carbocycles. The summed E-state index contributed by atoms with van der Waals surface area (Å²) in [6, 6.07) is 0. The topological polar surface area (TPSA) is 43.4 Å². The Balaban J connectivity index is 2.03. The van der Waals surface area contributed by atoms with Gasteiger partial charge in [-0.3, -0.25) is 9.59 Å². The number of rotatable bonds is 6. The van der Waals surface area contributed by atoms with Crippen LogP contribution in [0.2, 0.25) is 0 Å². The molecular weight excluding hydrogens is 312 g/mol. The van der Waals surface area contributed by atoms with Gasteiger partial charge in [0.05, 0.1) is 12.3 Å². The summed E-state index contributed by atoms with van der Waals surface area (Å²) in [7, 11) is 0. The van der Waals surface area contributed by atoms with Crippen LogP contribution in [0.5, 0.6) is 0 Å². The zero-order chi connectivity index (χ0) is 17.6. The predicted octanol–water partition coefficient (Wildman–Crippen LogP) is 4.44. The van der Waals surface area contributed by atoms with Crippen molar-refractivity contribution >= 4 is 23.4 Å². The second-order valence-electron chi connectivity index (χ2n) is 8.04. The first kappa shape index (κ1) is 18.3. The Labute approximate surface area is 144 Å². The maximum Gasteiger partial charge on any atom is 0.310 e. The first-order valence-electron chi connectivity index (χ1n) is 8.22. The minimum absolute atomic E-state index is 0.0636. The number of carbonyl (C=O) groups excluding carboxylic acids is 2. The number of ether oxygens (including phenoxy) is 1. The largest absolute Gasteiger partial charge is 0.457 e. The van der Waals surface area contributed by atoms with Crippen molar-refractivity contribution in [2.75, 3.05) is 0 Å². The highest BCUT2D eigenvalue weighted by Gasteiger charge is 2.63. The van der Waals surface area contributed by atoms with Gasteiger partial charge in [0, 0.05) is 10.4 Å². The Bertz CT molecular complexity index is 566. The van der Waals surface area contributed by atoms with Crippen LogP contribution in [0.3, 0.4) is 0 Å². The smallest absolute Gasteiger partial charge is 0.310 e. The van der Waals surface area contributed by atoms with Crippen LogP contribution in [0.4, 0.5) is 0 Å². The number of hydrogen-bond donors (Lipinski definition) is 0. The third kappa shape index (κ3) is 3.71. The number of hydrogen-bond acceptors (Lipinski definition) is 3. The Morgan fingerprint density at radius 1 is 1.48 bits per heavy atom. The molecule has 0 aromatic heterocycles. The molecule has 0 heterocycles. The zero-order valence-electron chi connectivity index (χ0n) is 14.7. The fourth-order valence-corrected chi connectivity index (χ4v) is 3.90. The van der Waals surface area contributed by atoms with E-state index < -0.39 is 6.10 Å². The first-order chi connectivity index (χ1) is 10.5. The minimum atomic E-state index is -0.411. The average Bonchev–Trinajstić information content (AvgIpc) is 2.81. The molecule has 2 aliphatic carbocycles. The highest BCUT2D eigenvalue weighted by molar-refractivity contribution is 6.23. The molecule has 0 saturated heterocycles. The van der Waals surface area contributed by atoms with E-state index in [9.17, 15) is 9.59 Å². The second-order valence-corrected chi connectivity index (χ2v) is 9.06. The standard InChI is InChI=1S/C19H27ClO3/c1-7-8-12-11(2)15(9-14(12)21)23-17(22)16-13(19(16,5)6)10-18(3,4)20/h7,13,15-16H,1,8-10H2,2-6H3/t13-,15+,16+/m0/s1. The van der Waals surface area contributed by atoms with E-state index in [2.05, 4.69) is 20.4 Å². The molecule has 23 heavy (non-hydrogen) atoms. The van der Waals surface area contributed by atoms with Gasteiger partial charge in [-0.2, -0.15) is 0 Å². The molecule has 0 amide bonds. The van der Waals surface area contributed by atoms with E-state index in [-0.39, 0.29) is 40.3 Å². The Hall–Kier alpha value is -1.09. The summed E-state index contributed by atoms with van der Waals surface area (Å²) in [6.07, 6.45) is 2.88. The molecule has 128 valence electrons. The summed E-state index contributed by atoms with van der Waals surface area (Å²) >= 11 is 6.32. The SMILES string of the molecule is C=CCC1=C(C)[C@H](OC(=O)[C@H]2[C@H](CC(C)(C)Cl)C2(C)C)CC1=O. The molecule has 0 N–H and O–H groups in total. The van der Waals surface area contributed by atoms with Crippen LogP contribution in [0.1, 0.15) is 53.9 Å². The number of carbonyl (C=O) groups is 2. The van der Waals surface area contributed by atoms with Crippen molar-refractivity contribution in [3.05, 3.63) is 23.8 Å². The van der Waals surface area contributed by atoms with E-state index in [1.54, 1.807) is 6.08 Å². The van der Waals surface area contributed by atoms with Crippen molar-refractivity contribution in [1.82, 2.24) is 0 Å². The summed E-state index contributed by atoms with van der Waals surface area (Å²) in [5.74, 6) is -0.0324. The number of Topliss-reactive ketones (excluding diaryl/α,β-unsaturated/α-hetero) is 1. The van der Waals surface area contributed by atoms with Gasteiger partial charge in [0.25, 0.3) is 0 Å². The van der Waals surface area contributed by atoms with E-state index in [0.29, 0.717) is 6.42 Å². The molecule has 0 unspecified atom stereocenters. The van der Waals surface area contributed by atoms with E-state index in [1.165, 1.54) is 0 Å². The fraction of sp³-hybridized carbons (Fsp3) is 0.684. The molecule has 0 spiro atoms. The summed E-state index contributed by atoms with van der Waals surface area (Å²) in [6.45, 7) is 13.6. The third-order valence-corrected chi connectivity index (χ3v) is 5.44. The van der Waals surface area contributed by atoms with E-state index in [4.69, 9.17) is 16.3 Å². The number of ketones is 1. The van der Waals surface area contributed by atoms with Gasteiger partial charge in [-0.05, 0) is 50.5 Å². The molecule has 0 bridgehead atoms. The van der Waals surface area contributed by atoms with Crippen LogP contribution in [0.15, 0.2) is 23.8 Å². The van der Waals surface area contributed by atoms with Crippen molar-refractivity contribution in [3.63, 3.8) is 0 Å². The maximum atomic E-state index is 12.6. The summed E-state index contributed by atoms with van der Waals surface area (Å²) < 4.78 is 5.68. The molecule has 3 nitrogen and oxygen atoms in total. The number of alkyl halides is 1. The first-order valence-corrected chi connectivity index (χ1v) is 8.60. The van der Waals surface area contributed by atoms with Gasteiger partial charge in [-0.15, -0.1) is 18.2 Å². The van der Waals surface area contributed by atoms with Crippen molar-refractivity contribution in [1.29, 1.82) is 0 Å². The molecule has 2 rings (SSSR count). The van der Waals surface area contributed by atoms with E-state index >= 15 is 0 Å². The van der Waals surface area contributed by atoms with Crippen LogP contribution in [0, 0.1) is 17.3 Å². The molecule has 0 aromatic rings. The van der Waals surface area contributed by atoms with Gasteiger partial charge in [0.2, 0.25) is 0 Å². The monoisotopic (exact) mass is 338 g/mol. The quantitative estimate of drug-likeness (QED) is 0.408. The van der Waals surface area contributed by atoms with Crippen LogP contribution in [-0.2, 0) is 14.3 Å². The summed E-state index contributed by atoms with van der Waals surface area (Å²) in [5.41, 5.74) is 1.52. The van der Waals surface area contributed by atoms with Gasteiger partial charge in [-0.1, -0.05) is 19.9 Å². The van der Waals surface area contributed by atoms with Gasteiger partial charge < -0.3 is 4.74 Å². The fourth-order valence-electron chi connectivity index (χ4n) is 3.74. The molecular formula is C19H27ClO3. The molecule has 4 heteroatoms. The number of halogens is 1. The summed E-state index contributed by atoms with van der Waals surface area (Å²) in [5, 5.41) is 0. The van der Waals surface area contributed by atoms with Gasteiger partial charge in [-0.25, -0.2) is 0 Å². The van der Waals surface area contributed by atoms with Crippen LogP contribution in [0.25, 0.3) is 0 Å². The number of allylic oxidation sites excluding steroid dienone is 2. The second kappa shape index (κ2) is 6.08. The van der Waals surface area contributed by atoms with Crippen LogP contribution in [-0.4, -0.2) is 22.7 Å². The van der Waals surface area contributed by atoms with Crippen molar-refractivity contribution in [2.45, 2.75) is 64.9 Å². The van der Waals surface area contributed by atoms with Gasteiger partial charge in [0.1, 0.15) is 6.10 Å². The normalized spacial score (nSPS) is 29.7. The Kier molecular flexibility index (Phi) is 4.83. The molecule has 1 saturated carbocycles. The Morgan fingerprint density at radius 3 is 2.61 bits per heavy atom. The van der Waals surface area contributed by atoms with Gasteiger partial charge in [0.15, 0.2) is 5.78 Å². The average molecular weight is 339 g/mol. The Morgan fingerprint density at radius 2 is 2.09 bits per heavy atom. The lowest BCUT2D eigenvalue weighted by Crippen LogP contribution is -2.21. The van der Waals surface area contributed by atoms with Crippen LogP contribution >= 0.6 is 11.6 Å². The highest BCUT2D eigenvalue weighted by Crippen LogP contribution is 2.62. The molecule has 1 fully saturated rings. The predicted molar refractivity (Wildman–Crippen MR) is 92.3 cm³/mol. The molecule has 3 atom stereocenters. The van der Waals surface area contributed by atoms with Crippen molar-refractivity contribution in [2.24, 2.45) is 17.3 Å². The van der Waals surface area contributed by atoms with Gasteiger partial charge >= 0.3 is 5.97 Å². The number of esters is 1. The third-order valence-electron chi connectivity index (χ3n) is 5.28. The minimum Gasteiger partial charge on any atom is -0.457 e.